The van der Waals surface area contributed by atoms with Gasteiger partial charge in [-0.3, -0.25) is 4.72 Å². The van der Waals surface area contributed by atoms with Gasteiger partial charge < -0.3 is 5.73 Å². The lowest BCUT2D eigenvalue weighted by molar-refractivity contribution is 0.599. The van der Waals surface area contributed by atoms with Crippen LogP contribution in [0.15, 0.2) is 46.5 Å². The molecule has 3 N–H and O–H groups in total. The van der Waals surface area contributed by atoms with Crippen molar-refractivity contribution in [3.05, 3.63) is 36.7 Å². The normalized spacial score (nSPS) is 12.0. The summed E-state index contributed by atoms with van der Waals surface area (Å²) in [5.74, 6) is -0.0357. The lowest BCUT2D eigenvalue weighted by Gasteiger charge is -2.08. The van der Waals surface area contributed by atoms with Crippen molar-refractivity contribution >= 4 is 31.5 Å². The van der Waals surface area contributed by atoms with Crippen LogP contribution in [-0.2, 0) is 19.9 Å². The Balaban J connectivity index is 2.27. The number of benzene rings is 1. The summed E-state index contributed by atoms with van der Waals surface area (Å²) in [7, 11) is -7.19. The molecular formula is C11H12N4O4S2. The van der Waals surface area contributed by atoms with Gasteiger partial charge in [0.05, 0.1) is 17.3 Å². The van der Waals surface area contributed by atoms with Gasteiger partial charge in [0.1, 0.15) is 4.90 Å². The number of nitrogens with one attached hydrogen (secondary N) is 1. The predicted molar refractivity (Wildman–Crippen MR) is 76.8 cm³/mol. The van der Waals surface area contributed by atoms with Crippen molar-refractivity contribution in [2.45, 2.75) is 9.79 Å². The van der Waals surface area contributed by atoms with Gasteiger partial charge in [-0.1, -0.05) is 0 Å². The van der Waals surface area contributed by atoms with E-state index >= 15 is 0 Å². The van der Waals surface area contributed by atoms with Gasteiger partial charge in [0.15, 0.2) is 9.84 Å². The second kappa shape index (κ2) is 5.30. The van der Waals surface area contributed by atoms with E-state index in [4.69, 9.17) is 5.73 Å². The average molecular weight is 328 g/mol. The van der Waals surface area contributed by atoms with E-state index in [2.05, 4.69) is 14.7 Å². The Labute approximate surface area is 122 Å². The first-order valence-corrected chi connectivity index (χ1v) is 8.96. The van der Waals surface area contributed by atoms with Crippen LogP contribution in [0.2, 0.25) is 0 Å². The second-order valence-electron chi connectivity index (χ2n) is 4.18. The molecule has 10 heteroatoms. The monoisotopic (exact) mass is 328 g/mol. The molecule has 21 heavy (non-hydrogen) atoms. The topological polar surface area (TPSA) is 132 Å². The molecule has 0 saturated heterocycles. The maximum absolute atomic E-state index is 12.0. The number of rotatable bonds is 4. The molecule has 0 aliphatic heterocycles. The molecule has 0 fully saturated rings. The van der Waals surface area contributed by atoms with E-state index in [1.54, 1.807) is 0 Å². The Bertz CT molecular complexity index is 844. The van der Waals surface area contributed by atoms with Gasteiger partial charge >= 0.3 is 0 Å². The van der Waals surface area contributed by atoms with Crippen LogP contribution in [0, 0.1) is 0 Å². The Morgan fingerprint density at radius 1 is 0.952 bits per heavy atom. The van der Waals surface area contributed by atoms with E-state index in [0.29, 0.717) is 0 Å². The fourth-order valence-electron chi connectivity index (χ4n) is 1.45. The highest BCUT2D eigenvalue weighted by Gasteiger charge is 2.15. The zero-order chi connectivity index (χ0) is 15.7. The Morgan fingerprint density at radius 3 is 1.95 bits per heavy atom. The number of sulfonamides is 1. The molecule has 0 radical (unpaired) electrons. The van der Waals surface area contributed by atoms with E-state index in [1.807, 2.05) is 0 Å². The Morgan fingerprint density at radius 2 is 1.48 bits per heavy atom. The summed E-state index contributed by atoms with van der Waals surface area (Å²) in [6.45, 7) is 0. The van der Waals surface area contributed by atoms with Crippen molar-refractivity contribution in [3.63, 3.8) is 0 Å². The number of aromatic nitrogens is 2. The molecule has 0 spiro atoms. The zero-order valence-electron chi connectivity index (χ0n) is 10.9. The lowest BCUT2D eigenvalue weighted by Crippen LogP contribution is -2.14. The van der Waals surface area contributed by atoms with Gasteiger partial charge in [-0.05, 0) is 24.3 Å². The largest absolute Gasteiger partial charge is 0.368 e. The van der Waals surface area contributed by atoms with Crippen LogP contribution >= 0.6 is 0 Å². The molecule has 0 aliphatic carbocycles. The number of nitrogens with two attached hydrogens (primary N) is 1. The molecule has 1 aromatic carbocycles. The van der Waals surface area contributed by atoms with Crippen molar-refractivity contribution in [1.82, 2.24) is 9.97 Å². The van der Waals surface area contributed by atoms with E-state index in [1.165, 1.54) is 24.3 Å². The summed E-state index contributed by atoms with van der Waals surface area (Å²) in [4.78, 5) is 7.15. The first kappa shape index (κ1) is 15.2. The van der Waals surface area contributed by atoms with Crippen molar-refractivity contribution in [1.29, 1.82) is 0 Å². The van der Waals surface area contributed by atoms with Crippen LogP contribution in [0.4, 0.5) is 11.6 Å². The maximum Gasteiger partial charge on any atom is 0.264 e. The number of anilines is 2. The molecular weight excluding hydrogens is 316 g/mol. The van der Waals surface area contributed by atoms with Crippen LogP contribution < -0.4 is 10.5 Å². The number of sulfone groups is 1. The highest BCUT2D eigenvalue weighted by Crippen LogP contribution is 2.17. The number of hydrogen-bond acceptors (Lipinski definition) is 7. The summed E-state index contributed by atoms with van der Waals surface area (Å²) in [6.07, 6.45) is 3.23. The minimum atomic E-state index is -3.86. The van der Waals surface area contributed by atoms with Gasteiger partial charge in [0, 0.05) is 11.9 Å². The van der Waals surface area contributed by atoms with E-state index in [-0.39, 0.29) is 21.4 Å². The van der Waals surface area contributed by atoms with Gasteiger partial charge in [0.25, 0.3) is 10.0 Å². The third-order valence-electron chi connectivity index (χ3n) is 2.49. The van der Waals surface area contributed by atoms with E-state index in [9.17, 15) is 16.8 Å². The molecule has 112 valence electrons. The molecule has 0 aliphatic rings. The summed E-state index contributed by atoms with van der Waals surface area (Å²) in [5, 5.41) is 0. The van der Waals surface area contributed by atoms with Crippen molar-refractivity contribution < 1.29 is 16.8 Å². The minimum absolute atomic E-state index is 0.0357. The van der Waals surface area contributed by atoms with Crippen LogP contribution in [0.25, 0.3) is 0 Å². The third-order valence-corrected chi connectivity index (χ3v) is 4.96. The molecule has 2 rings (SSSR count). The summed E-state index contributed by atoms with van der Waals surface area (Å²) < 4.78 is 49.0. The highest BCUT2D eigenvalue weighted by atomic mass is 32.2. The van der Waals surface area contributed by atoms with Gasteiger partial charge in [-0.2, -0.15) is 0 Å². The van der Waals surface area contributed by atoms with Crippen LogP contribution in [0.1, 0.15) is 0 Å². The standard InChI is InChI=1S/C11H12N4O4S2/c1-20(16,17)9-4-2-8(3-5-9)15-21(18,19)10-6-13-11(12)14-7-10/h2-7,15H,1H3,(H2,12,13,14). The van der Waals surface area contributed by atoms with Crippen LogP contribution in [-0.4, -0.2) is 33.1 Å². The SMILES string of the molecule is CS(=O)(=O)c1ccc(NS(=O)(=O)c2cnc(N)nc2)cc1. The molecule has 0 saturated carbocycles. The molecule has 0 atom stereocenters. The molecule has 0 unspecified atom stereocenters. The molecule has 8 nitrogen and oxygen atoms in total. The molecule has 0 bridgehead atoms. The molecule has 0 amide bonds. The van der Waals surface area contributed by atoms with Crippen LogP contribution in [0.5, 0.6) is 0 Å². The molecule has 1 heterocycles. The molecule has 2 aromatic rings. The third kappa shape index (κ3) is 3.67. The zero-order valence-corrected chi connectivity index (χ0v) is 12.5. The summed E-state index contributed by atoms with van der Waals surface area (Å²) in [6, 6.07) is 5.33. The van der Waals surface area contributed by atoms with Gasteiger partial charge in [0.2, 0.25) is 5.95 Å². The second-order valence-corrected chi connectivity index (χ2v) is 7.88. The van der Waals surface area contributed by atoms with E-state index in [0.717, 1.165) is 18.6 Å². The Hall–Kier alpha value is -2.20. The predicted octanol–water partition coefficient (Wildman–Crippen LogP) is 0.263. The number of hydrogen-bond donors (Lipinski definition) is 2. The number of nitrogen functional groups attached to an aromatic ring is 1. The first-order valence-electron chi connectivity index (χ1n) is 5.59. The smallest absolute Gasteiger partial charge is 0.264 e. The first-order chi connectivity index (χ1) is 9.68. The minimum Gasteiger partial charge on any atom is -0.368 e. The lowest BCUT2D eigenvalue weighted by atomic mass is 10.3. The maximum atomic E-state index is 12.0. The Kier molecular flexibility index (Phi) is 3.83. The van der Waals surface area contributed by atoms with Crippen molar-refractivity contribution in [3.8, 4) is 0 Å². The summed E-state index contributed by atoms with van der Waals surface area (Å²) in [5.41, 5.74) is 5.51. The summed E-state index contributed by atoms with van der Waals surface area (Å²) >= 11 is 0. The molecule has 1 aromatic heterocycles. The highest BCUT2D eigenvalue weighted by molar-refractivity contribution is 7.92. The van der Waals surface area contributed by atoms with Gasteiger partial charge in [-0.15, -0.1) is 0 Å². The van der Waals surface area contributed by atoms with Gasteiger partial charge in [-0.25, -0.2) is 26.8 Å². The average Bonchev–Trinajstić information content (AvgIpc) is 2.38. The number of nitrogens with zero attached hydrogens (tertiary/aromatic N) is 2. The quantitative estimate of drug-likeness (QED) is 0.822. The van der Waals surface area contributed by atoms with Crippen molar-refractivity contribution in [2.24, 2.45) is 0 Å². The fourth-order valence-corrected chi connectivity index (χ4v) is 3.03. The van der Waals surface area contributed by atoms with Crippen molar-refractivity contribution in [2.75, 3.05) is 16.7 Å². The van der Waals surface area contributed by atoms with Crippen LogP contribution in [0.3, 0.4) is 0 Å². The fraction of sp³-hybridized carbons (Fsp3) is 0.0909. The van der Waals surface area contributed by atoms with E-state index < -0.39 is 19.9 Å².